The molecule has 0 aromatic rings. The van der Waals surface area contributed by atoms with Crippen molar-refractivity contribution in [3.05, 3.63) is 60.8 Å². The summed E-state index contributed by atoms with van der Waals surface area (Å²) in [5.74, 6) is -0.115. The van der Waals surface area contributed by atoms with Gasteiger partial charge in [0.15, 0.2) is 0 Å². The molecule has 0 bridgehead atoms. The molecule has 6 nitrogen and oxygen atoms in total. The van der Waals surface area contributed by atoms with Crippen LogP contribution in [0.1, 0.15) is 309 Å². The highest BCUT2D eigenvalue weighted by molar-refractivity contribution is 5.76. The van der Waals surface area contributed by atoms with Crippen molar-refractivity contribution >= 4 is 11.9 Å². The summed E-state index contributed by atoms with van der Waals surface area (Å²) in [6, 6.07) is -0.643. The molecule has 70 heavy (non-hydrogen) atoms. The number of hydrogen-bond acceptors (Lipinski definition) is 5. The molecule has 0 fully saturated rings. The molecular weight excluding hydrogens is 863 g/mol. The fourth-order valence-corrected chi connectivity index (χ4v) is 9.05. The van der Waals surface area contributed by atoms with Gasteiger partial charge >= 0.3 is 5.97 Å². The highest BCUT2D eigenvalue weighted by atomic mass is 16.5. The Morgan fingerprint density at radius 3 is 1.14 bits per heavy atom. The number of rotatable bonds is 56. The van der Waals surface area contributed by atoms with Gasteiger partial charge in [0, 0.05) is 12.8 Å². The van der Waals surface area contributed by atoms with Gasteiger partial charge in [-0.05, 0) is 96.3 Å². The van der Waals surface area contributed by atoms with E-state index in [2.05, 4.69) is 67.8 Å². The predicted octanol–water partition coefficient (Wildman–Crippen LogP) is 19.1. The fourth-order valence-electron chi connectivity index (χ4n) is 9.05. The molecule has 0 spiro atoms. The zero-order chi connectivity index (χ0) is 50.7. The molecule has 0 saturated heterocycles. The van der Waals surface area contributed by atoms with Crippen LogP contribution >= 0.6 is 0 Å². The molecule has 408 valence electrons. The number of aliphatic hydroxyl groups excluding tert-OH is 2. The lowest BCUT2D eigenvalue weighted by Gasteiger charge is -2.20. The number of amides is 1. The maximum absolute atomic E-state index is 12.5. The third-order valence-corrected chi connectivity index (χ3v) is 13.7. The van der Waals surface area contributed by atoms with E-state index in [4.69, 9.17) is 4.74 Å². The highest BCUT2D eigenvalue weighted by Crippen LogP contribution is 2.17. The first-order valence-electron chi connectivity index (χ1n) is 30.6. The van der Waals surface area contributed by atoms with Crippen molar-refractivity contribution in [1.82, 2.24) is 5.32 Å². The molecule has 0 rings (SSSR count). The number of aliphatic hydroxyl groups is 2. The minimum Gasteiger partial charge on any atom is -0.466 e. The van der Waals surface area contributed by atoms with Gasteiger partial charge in [0.05, 0.1) is 25.4 Å². The Hall–Kier alpha value is -2.44. The molecule has 3 N–H and O–H groups in total. The van der Waals surface area contributed by atoms with Gasteiger partial charge in [-0.3, -0.25) is 9.59 Å². The van der Waals surface area contributed by atoms with Crippen LogP contribution in [0.25, 0.3) is 0 Å². The molecule has 0 saturated carbocycles. The molecule has 0 radical (unpaired) electrons. The second-order valence-corrected chi connectivity index (χ2v) is 20.7. The summed E-state index contributed by atoms with van der Waals surface area (Å²) >= 11 is 0. The Morgan fingerprint density at radius 1 is 0.400 bits per heavy atom. The van der Waals surface area contributed by atoms with Crippen LogP contribution in [-0.4, -0.2) is 47.4 Å². The first kappa shape index (κ1) is 67.6. The predicted molar refractivity (Wildman–Crippen MR) is 305 cm³/mol. The zero-order valence-corrected chi connectivity index (χ0v) is 46.5. The van der Waals surface area contributed by atoms with Crippen LogP contribution in [0.15, 0.2) is 60.8 Å². The van der Waals surface area contributed by atoms with Crippen LogP contribution < -0.4 is 5.32 Å². The lowest BCUT2D eigenvalue weighted by molar-refractivity contribution is -0.143. The molecule has 6 heteroatoms. The van der Waals surface area contributed by atoms with Gasteiger partial charge in [0.2, 0.25) is 5.91 Å². The Balaban J connectivity index is 3.54. The molecule has 2 atom stereocenters. The maximum Gasteiger partial charge on any atom is 0.305 e. The molecular formula is C64H117NO5. The molecule has 0 aromatic carbocycles. The number of esters is 1. The average molecular weight is 981 g/mol. The number of allylic oxidation sites excluding steroid dienone is 9. The lowest BCUT2D eigenvalue weighted by atomic mass is 10.0. The van der Waals surface area contributed by atoms with Gasteiger partial charge in [-0.15, -0.1) is 0 Å². The van der Waals surface area contributed by atoms with Gasteiger partial charge < -0.3 is 20.3 Å². The van der Waals surface area contributed by atoms with Crippen molar-refractivity contribution in [1.29, 1.82) is 0 Å². The van der Waals surface area contributed by atoms with Gasteiger partial charge in [-0.25, -0.2) is 0 Å². The van der Waals surface area contributed by atoms with Gasteiger partial charge in [-0.2, -0.15) is 0 Å². The first-order valence-corrected chi connectivity index (χ1v) is 30.6. The Kier molecular flexibility index (Phi) is 57.1. The molecule has 0 aliphatic rings. The van der Waals surface area contributed by atoms with E-state index in [9.17, 15) is 19.8 Å². The van der Waals surface area contributed by atoms with Crippen molar-refractivity contribution in [2.75, 3.05) is 13.2 Å². The van der Waals surface area contributed by atoms with Crippen LogP contribution in [0.4, 0.5) is 0 Å². The third-order valence-electron chi connectivity index (χ3n) is 13.7. The molecule has 2 unspecified atom stereocenters. The monoisotopic (exact) mass is 980 g/mol. The number of ether oxygens (including phenoxy) is 1. The van der Waals surface area contributed by atoms with Crippen LogP contribution in [0.5, 0.6) is 0 Å². The van der Waals surface area contributed by atoms with Crippen molar-refractivity contribution in [3.63, 3.8) is 0 Å². The second-order valence-electron chi connectivity index (χ2n) is 20.7. The van der Waals surface area contributed by atoms with Gasteiger partial charge in [-0.1, -0.05) is 261 Å². The minimum absolute atomic E-state index is 0.0322. The van der Waals surface area contributed by atoms with Crippen molar-refractivity contribution in [3.8, 4) is 0 Å². The summed E-state index contributed by atoms with van der Waals surface area (Å²) in [7, 11) is 0. The van der Waals surface area contributed by atoms with Crippen molar-refractivity contribution in [2.24, 2.45) is 0 Å². The Morgan fingerprint density at radius 2 is 0.743 bits per heavy atom. The quantitative estimate of drug-likeness (QED) is 0.0321. The summed E-state index contributed by atoms with van der Waals surface area (Å²) in [6.07, 6.45) is 76.8. The summed E-state index contributed by atoms with van der Waals surface area (Å²) in [5.41, 5.74) is 0. The van der Waals surface area contributed by atoms with Gasteiger partial charge in [0.1, 0.15) is 0 Å². The molecule has 0 heterocycles. The van der Waals surface area contributed by atoms with Crippen molar-refractivity contribution < 1.29 is 24.5 Å². The maximum atomic E-state index is 12.5. The fraction of sp³-hybridized carbons (Fsp3) is 0.812. The van der Waals surface area contributed by atoms with E-state index in [1.54, 1.807) is 6.08 Å². The van der Waals surface area contributed by atoms with Crippen LogP contribution in [0, 0.1) is 0 Å². The second kappa shape index (κ2) is 59.1. The normalized spacial score (nSPS) is 13.0. The summed E-state index contributed by atoms with van der Waals surface area (Å²) in [6.45, 7) is 4.80. The number of carbonyl (C=O) groups excluding carboxylic acids is 2. The van der Waals surface area contributed by atoms with E-state index in [1.165, 1.54) is 186 Å². The molecule has 0 aliphatic carbocycles. The highest BCUT2D eigenvalue weighted by Gasteiger charge is 2.18. The SMILES string of the molecule is CCC/C=C\C/C=C\CCCCCCCC(=O)OCCCCC/C=C\C/C=C\CCCCCCCCCC(=O)NC(CO)C(O)/C=C/CCCCCCCCCCCCCCCCCCCCCCC. The largest absolute Gasteiger partial charge is 0.466 e. The lowest BCUT2D eigenvalue weighted by Crippen LogP contribution is -2.45. The molecule has 0 aliphatic heterocycles. The number of nitrogens with one attached hydrogen (secondary N) is 1. The van der Waals surface area contributed by atoms with E-state index in [0.29, 0.717) is 19.4 Å². The van der Waals surface area contributed by atoms with E-state index < -0.39 is 12.1 Å². The summed E-state index contributed by atoms with van der Waals surface area (Å²) in [4.78, 5) is 24.5. The van der Waals surface area contributed by atoms with Crippen LogP contribution in [0.3, 0.4) is 0 Å². The first-order chi connectivity index (χ1) is 34.5. The number of hydrogen-bond donors (Lipinski definition) is 3. The van der Waals surface area contributed by atoms with Crippen molar-refractivity contribution in [2.45, 2.75) is 321 Å². The topological polar surface area (TPSA) is 95.9 Å². The molecule has 1 amide bonds. The van der Waals surface area contributed by atoms with E-state index in [1.807, 2.05) is 6.08 Å². The minimum atomic E-state index is -0.858. The van der Waals surface area contributed by atoms with E-state index in [-0.39, 0.29) is 18.5 Å². The smallest absolute Gasteiger partial charge is 0.305 e. The number of carbonyl (C=O) groups is 2. The van der Waals surface area contributed by atoms with Crippen LogP contribution in [0.2, 0.25) is 0 Å². The van der Waals surface area contributed by atoms with Crippen LogP contribution in [-0.2, 0) is 14.3 Å². The average Bonchev–Trinajstić information content (AvgIpc) is 3.36. The van der Waals surface area contributed by atoms with E-state index >= 15 is 0 Å². The van der Waals surface area contributed by atoms with Gasteiger partial charge in [0.25, 0.3) is 0 Å². The Bertz CT molecular complexity index is 1220. The summed E-state index contributed by atoms with van der Waals surface area (Å²) < 4.78 is 5.44. The Labute approximate surface area is 435 Å². The molecule has 0 aromatic heterocycles. The standard InChI is InChI=1S/C64H117NO5/c1-3-5-7-9-11-13-15-17-18-19-20-21-22-23-24-26-29-33-36-40-44-48-52-56-62(67)61(60-66)65-63(68)57-53-49-45-41-37-34-30-27-25-28-31-35-39-43-47-51-55-59-70-64(69)58-54-50-46-42-38-32-16-14-12-10-8-6-4-2/h8,10,14,16,25,28,35,39,52,56,61-62,66-67H,3-7,9,11-13,15,17-24,26-27,29-34,36-38,40-51,53-55,57-60H2,1-2H3,(H,65,68)/b10-8-,16-14-,28-25-,39-35-,56-52+. The zero-order valence-electron chi connectivity index (χ0n) is 46.5. The van der Waals surface area contributed by atoms with E-state index in [0.717, 1.165) is 96.3 Å². The summed E-state index contributed by atoms with van der Waals surface area (Å²) in [5, 5.41) is 23.2. The third kappa shape index (κ3) is 54.9. The number of unbranched alkanes of at least 4 members (excludes halogenated alkanes) is 37.